The average molecular weight is 342 g/mol. The van der Waals surface area contributed by atoms with Crippen molar-refractivity contribution in [1.82, 2.24) is 10.3 Å². The third kappa shape index (κ3) is 3.82. The van der Waals surface area contributed by atoms with Crippen molar-refractivity contribution < 1.29 is 18.3 Å². The molecule has 3 aromatic rings. The molecule has 1 N–H and O–H groups in total. The quantitative estimate of drug-likeness (QED) is 0.787. The molecule has 0 aliphatic heterocycles. The molecule has 0 aliphatic rings. The second-order valence-electron chi connectivity index (χ2n) is 5.40. The maximum absolute atomic E-state index is 13.7. The van der Waals surface area contributed by atoms with Crippen LogP contribution in [-0.2, 0) is 11.3 Å². The van der Waals surface area contributed by atoms with Crippen LogP contribution in [0.15, 0.2) is 57.7 Å². The van der Waals surface area contributed by atoms with Crippen molar-refractivity contribution in [2.45, 2.75) is 19.6 Å². The second-order valence-corrected chi connectivity index (χ2v) is 5.40. The van der Waals surface area contributed by atoms with Gasteiger partial charge in [0, 0.05) is 0 Å². The molecule has 0 radical (unpaired) electrons. The Morgan fingerprint density at radius 1 is 1.24 bits per heavy atom. The highest BCUT2D eigenvalue weighted by Gasteiger charge is 2.17. The molecule has 1 heterocycles. The van der Waals surface area contributed by atoms with Crippen LogP contribution in [0, 0.1) is 5.82 Å². The number of nitrogens with zero attached hydrogens (tertiary/aromatic N) is 1. The average Bonchev–Trinajstić information content (AvgIpc) is 2.60. The molecular formula is C18H15FN2O4. The van der Waals surface area contributed by atoms with Crippen molar-refractivity contribution in [3.63, 3.8) is 0 Å². The molecule has 0 aliphatic carbocycles. The van der Waals surface area contributed by atoms with Gasteiger partial charge in [-0.05, 0) is 24.6 Å². The van der Waals surface area contributed by atoms with Crippen molar-refractivity contribution >= 4 is 17.0 Å². The van der Waals surface area contributed by atoms with Crippen LogP contribution in [0.2, 0.25) is 0 Å². The van der Waals surface area contributed by atoms with E-state index in [1.807, 2.05) is 30.3 Å². The molecule has 0 fully saturated rings. The van der Waals surface area contributed by atoms with Crippen LogP contribution in [-0.4, -0.2) is 11.1 Å². The molecule has 0 unspecified atom stereocenters. The van der Waals surface area contributed by atoms with E-state index in [2.05, 4.69) is 10.3 Å². The number of carbonyl (C=O) groups excluding carboxylic acids is 1. The molecule has 25 heavy (non-hydrogen) atoms. The molecule has 0 bridgehead atoms. The van der Waals surface area contributed by atoms with Gasteiger partial charge < -0.3 is 14.5 Å². The maximum atomic E-state index is 13.7. The number of fused-ring (bicyclic) bond motifs is 1. The first-order valence-corrected chi connectivity index (χ1v) is 7.61. The molecule has 3 rings (SSSR count). The number of ether oxygens (including phenoxy) is 1. The van der Waals surface area contributed by atoms with Crippen molar-refractivity contribution in [1.29, 1.82) is 0 Å². The van der Waals surface area contributed by atoms with Crippen LogP contribution in [0.4, 0.5) is 9.18 Å². The van der Waals surface area contributed by atoms with Crippen LogP contribution in [0.1, 0.15) is 24.4 Å². The van der Waals surface area contributed by atoms with Crippen LogP contribution in [0.5, 0.6) is 0 Å². The molecule has 0 saturated heterocycles. The van der Waals surface area contributed by atoms with Crippen LogP contribution >= 0.6 is 0 Å². The van der Waals surface area contributed by atoms with E-state index < -0.39 is 23.6 Å². The fourth-order valence-corrected chi connectivity index (χ4v) is 2.28. The van der Waals surface area contributed by atoms with E-state index in [1.165, 1.54) is 12.1 Å². The van der Waals surface area contributed by atoms with Gasteiger partial charge in [0.15, 0.2) is 0 Å². The smallest absolute Gasteiger partial charge is 0.408 e. The summed E-state index contributed by atoms with van der Waals surface area (Å²) in [5, 5.41) is 2.31. The summed E-state index contributed by atoms with van der Waals surface area (Å²) in [7, 11) is 0. The third-order valence-electron chi connectivity index (χ3n) is 3.54. The van der Waals surface area contributed by atoms with Gasteiger partial charge in [-0.3, -0.25) is 0 Å². The van der Waals surface area contributed by atoms with Crippen LogP contribution in [0.3, 0.4) is 0 Å². The summed E-state index contributed by atoms with van der Waals surface area (Å²) in [4.78, 5) is 27.9. The number of carbonyl (C=O) groups is 1. The molecule has 0 saturated carbocycles. The Hall–Kier alpha value is -3.22. The van der Waals surface area contributed by atoms with Gasteiger partial charge in [-0.1, -0.05) is 36.4 Å². The highest BCUT2D eigenvalue weighted by Crippen LogP contribution is 2.15. The van der Waals surface area contributed by atoms with Crippen molar-refractivity contribution in [3.05, 3.63) is 76.2 Å². The van der Waals surface area contributed by atoms with Gasteiger partial charge in [0.2, 0.25) is 5.89 Å². The Labute approximate surface area is 142 Å². The fraction of sp³-hybridized carbons (Fsp3) is 0.167. The summed E-state index contributed by atoms with van der Waals surface area (Å²) in [6, 6.07) is 12.6. The predicted molar refractivity (Wildman–Crippen MR) is 88.4 cm³/mol. The van der Waals surface area contributed by atoms with Gasteiger partial charge in [-0.25, -0.2) is 19.0 Å². The molecule has 6 nitrogen and oxygen atoms in total. The van der Waals surface area contributed by atoms with Crippen molar-refractivity contribution in [2.75, 3.05) is 0 Å². The first-order chi connectivity index (χ1) is 12.0. The number of hydrogen-bond acceptors (Lipinski definition) is 5. The Balaban J connectivity index is 1.70. The molecule has 7 heteroatoms. The standard InChI is InChI=1S/C18H15FN2O4/c1-11(20-18(23)24-10-12-6-3-2-4-7-12)16-21-14-9-5-8-13(19)15(14)17(22)25-16/h2-9,11H,10H2,1H3,(H,20,23)/t11-/m1/s1. The zero-order valence-corrected chi connectivity index (χ0v) is 13.4. The van der Waals surface area contributed by atoms with Crippen molar-refractivity contribution in [3.8, 4) is 0 Å². The largest absolute Gasteiger partial charge is 0.445 e. The number of aromatic nitrogens is 1. The predicted octanol–water partition coefficient (Wildman–Crippen LogP) is 3.31. The number of alkyl carbamates (subject to hydrolysis) is 1. The second kappa shape index (κ2) is 7.12. The highest BCUT2D eigenvalue weighted by atomic mass is 19.1. The number of amides is 1. The zero-order valence-electron chi connectivity index (χ0n) is 13.4. The van der Waals surface area contributed by atoms with Gasteiger partial charge >= 0.3 is 11.7 Å². The molecule has 1 aromatic heterocycles. The minimum atomic E-state index is -0.843. The number of rotatable bonds is 4. The van der Waals surface area contributed by atoms with Crippen LogP contribution < -0.4 is 10.9 Å². The Morgan fingerprint density at radius 2 is 2.00 bits per heavy atom. The van der Waals surface area contributed by atoms with Gasteiger partial charge in [0.25, 0.3) is 0 Å². The topological polar surface area (TPSA) is 81.4 Å². The first kappa shape index (κ1) is 16.6. The Kier molecular flexibility index (Phi) is 4.74. The summed E-state index contributed by atoms with van der Waals surface area (Å²) in [6.45, 7) is 1.69. The van der Waals surface area contributed by atoms with E-state index in [4.69, 9.17) is 9.15 Å². The lowest BCUT2D eigenvalue weighted by Crippen LogP contribution is -2.28. The molecule has 1 amide bonds. The highest BCUT2D eigenvalue weighted by molar-refractivity contribution is 5.77. The monoisotopic (exact) mass is 342 g/mol. The minimum Gasteiger partial charge on any atom is -0.445 e. The fourth-order valence-electron chi connectivity index (χ4n) is 2.28. The van der Waals surface area contributed by atoms with E-state index >= 15 is 0 Å². The Bertz CT molecular complexity index is 956. The first-order valence-electron chi connectivity index (χ1n) is 7.61. The lowest BCUT2D eigenvalue weighted by Gasteiger charge is -2.12. The normalized spacial score (nSPS) is 11.9. The third-order valence-corrected chi connectivity index (χ3v) is 3.54. The summed E-state index contributed by atoms with van der Waals surface area (Å²) >= 11 is 0. The molecule has 128 valence electrons. The van der Waals surface area contributed by atoms with Gasteiger partial charge in [-0.15, -0.1) is 0 Å². The van der Waals surface area contributed by atoms with E-state index in [0.717, 1.165) is 11.6 Å². The van der Waals surface area contributed by atoms with Crippen molar-refractivity contribution in [2.24, 2.45) is 0 Å². The van der Waals surface area contributed by atoms with Gasteiger partial charge in [0.05, 0.1) is 5.52 Å². The number of halogens is 1. The minimum absolute atomic E-state index is 0.0280. The van der Waals surface area contributed by atoms with E-state index in [-0.39, 0.29) is 23.4 Å². The lowest BCUT2D eigenvalue weighted by molar-refractivity contribution is 0.134. The number of hydrogen-bond donors (Lipinski definition) is 1. The number of nitrogens with one attached hydrogen (secondary N) is 1. The van der Waals surface area contributed by atoms with Gasteiger partial charge in [0.1, 0.15) is 23.9 Å². The summed E-state index contributed by atoms with van der Waals surface area (Å²) < 4.78 is 23.8. The molecule has 2 aromatic carbocycles. The van der Waals surface area contributed by atoms with Gasteiger partial charge in [-0.2, -0.15) is 0 Å². The number of benzene rings is 2. The molecular weight excluding hydrogens is 327 g/mol. The van der Waals surface area contributed by atoms with Crippen LogP contribution in [0.25, 0.3) is 10.9 Å². The summed E-state index contributed by atoms with van der Waals surface area (Å²) in [6.07, 6.45) is -0.680. The zero-order chi connectivity index (χ0) is 17.8. The Morgan fingerprint density at radius 3 is 2.76 bits per heavy atom. The summed E-state index contributed by atoms with van der Waals surface area (Å²) in [5.74, 6) is -0.729. The lowest BCUT2D eigenvalue weighted by atomic mass is 10.2. The van der Waals surface area contributed by atoms with E-state index in [0.29, 0.717) is 0 Å². The molecule has 1 atom stereocenters. The SMILES string of the molecule is C[C@@H](NC(=O)OCc1ccccc1)c1nc2cccc(F)c2c(=O)o1. The van der Waals surface area contributed by atoms with E-state index in [1.54, 1.807) is 6.92 Å². The maximum Gasteiger partial charge on any atom is 0.408 e. The molecule has 0 spiro atoms. The van der Waals surface area contributed by atoms with E-state index in [9.17, 15) is 14.0 Å². The summed E-state index contributed by atoms with van der Waals surface area (Å²) in [5.41, 5.74) is 0.165.